The molecule has 9 heteroatoms. The number of hydrogen-bond donors (Lipinski definition) is 1. The van der Waals surface area contributed by atoms with Gasteiger partial charge in [0.05, 0.1) is 15.5 Å². The zero-order valence-corrected chi connectivity index (χ0v) is 27.0. The van der Waals surface area contributed by atoms with E-state index in [1.165, 1.54) is 33.2 Å². The molecule has 0 atom stereocenters. The average molecular weight is 631 g/mol. The Morgan fingerprint density at radius 3 is 2.26 bits per heavy atom. The Labute approximate surface area is 262 Å². The average Bonchev–Trinajstić information content (AvgIpc) is 3.63. The molecule has 0 fully saturated rings. The number of thiazole rings is 3. The fourth-order valence-electron chi connectivity index (χ4n) is 4.80. The summed E-state index contributed by atoms with van der Waals surface area (Å²) in [6, 6.07) is 20.9. The summed E-state index contributed by atoms with van der Waals surface area (Å²) in [4.78, 5) is 15.4. The van der Waals surface area contributed by atoms with Crippen LogP contribution in [-0.4, -0.2) is 14.2 Å². The van der Waals surface area contributed by atoms with Gasteiger partial charge < -0.3 is 5.11 Å². The molecule has 0 aliphatic carbocycles. The van der Waals surface area contributed by atoms with Gasteiger partial charge in [-0.1, -0.05) is 72.0 Å². The summed E-state index contributed by atoms with van der Waals surface area (Å²) >= 11 is 9.96. The first-order chi connectivity index (χ1) is 20.4. The van der Waals surface area contributed by atoms with Crippen LogP contribution in [0.4, 0.5) is 0 Å². The van der Waals surface area contributed by atoms with Crippen LogP contribution in [0, 0.1) is 3.95 Å². The maximum Gasteiger partial charge on any atom is 0.269 e. The first kappa shape index (κ1) is 29.8. The molecule has 1 N–H and O–H groups in total. The normalized spacial score (nSPS) is 12.8. The van der Waals surface area contributed by atoms with Crippen molar-refractivity contribution in [2.45, 2.75) is 40.4 Å². The van der Waals surface area contributed by atoms with Crippen molar-refractivity contribution in [3.63, 3.8) is 0 Å². The lowest BCUT2D eigenvalue weighted by molar-refractivity contribution is -0.679. The van der Waals surface area contributed by atoms with E-state index in [-0.39, 0.29) is 11.4 Å². The second kappa shape index (κ2) is 13.1. The van der Waals surface area contributed by atoms with Gasteiger partial charge in [0.15, 0.2) is 3.95 Å². The predicted octanol–water partition coefficient (Wildman–Crippen LogP) is 6.83. The molecule has 0 aliphatic heterocycles. The quantitative estimate of drug-likeness (QED) is 0.110. The van der Waals surface area contributed by atoms with E-state index >= 15 is 0 Å². The third-order valence-electron chi connectivity index (χ3n) is 6.88. The number of aromatic hydroxyl groups is 1. The van der Waals surface area contributed by atoms with Crippen LogP contribution in [0.15, 0.2) is 84.2 Å². The minimum atomic E-state index is -0.0654. The molecule has 3 heterocycles. The minimum Gasteiger partial charge on any atom is -0.493 e. The Morgan fingerprint density at radius 2 is 1.67 bits per heavy atom. The highest BCUT2D eigenvalue weighted by molar-refractivity contribution is 7.73. The van der Waals surface area contributed by atoms with Gasteiger partial charge in [-0.05, 0) is 62.3 Å². The fraction of sp³-hybridized carbons (Fsp3) is 0.182. The number of nitrogens with zero attached hydrogens (tertiary/aromatic N) is 3. The van der Waals surface area contributed by atoms with Gasteiger partial charge in [0, 0.05) is 18.7 Å². The second-order valence-corrected chi connectivity index (χ2v) is 13.3. The number of benzene rings is 2. The topological polar surface area (TPSA) is 51.0 Å². The molecule has 0 spiro atoms. The Morgan fingerprint density at radius 1 is 1.00 bits per heavy atom. The van der Waals surface area contributed by atoms with E-state index in [0.29, 0.717) is 21.6 Å². The van der Waals surface area contributed by atoms with Gasteiger partial charge in [0.2, 0.25) is 11.6 Å². The number of aromatic nitrogens is 3. The Balaban J connectivity index is 1.69. The summed E-state index contributed by atoms with van der Waals surface area (Å²) in [6.45, 7) is 11.7. The first-order valence-corrected chi connectivity index (χ1v) is 16.5. The molecule has 0 unspecified atom stereocenters. The van der Waals surface area contributed by atoms with Crippen molar-refractivity contribution in [2.75, 3.05) is 0 Å². The lowest BCUT2D eigenvalue weighted by Gasteiger charge is -2.02. The summed E-state index contributed by atoms with van der Waals surface area (Å²) in [6.07, 6.45) is 7.59. The van der Waals surface area contributed by atoms with E-state index < -0.39 is 0 Å². The van der Waals surface area contributed by atoms with E-state index in [4.69, 9.17) is 12.2 Å². The molecule has 214 valence electrons. The molecular weight excluding hydrogens is 599 g/mol. The lowest BCUT2D eigenvalue weighted by Crippen LogP contribution is -2.37. The summed E-state index contributed by atoms with van der Waals surface area (Å²) in [5.74, 6) is 0.171. The summed E-state index contributed by atoms with van der Waals surface area (Å²) in [7, 11) is 0. The van der Waals surface area contributed by atoms with Gasteiger partial charge in [-0.15, -0.1) is 29.3 Å². The van der Waals surface area contributed by atoms with Crippen molar-refractivity contribution in [2.24, 2.45) is 0 Å². The maximum atomic E-state index is 13.5. The Bertz CT molecular complexity index is 2010. The third-order valence-corrected chi connectivity index (χ3v) is 10.7. The Kier molecular flexibility index (Phi) is 9.33. The van der Waals surface area contributed by atoms with Crippen LogP contribution in [0.25, 0.3) is 39.4 Å². The number of allylic oxidation sites excluding steroid dienone is 3. The minimum absolute atomic E-state index is 0.0654. The van der Waals surface area contributed by atoms with Gasteiger partial charge in [0.25, 0.3) is 10.6 Å². The van der Waals surface area contributed by atoms with Crippen LogP contribution in [-0.2, 0) is 19.6 Å². The summed E-state index contributed by atoms with van der Waals surface area (Å²) in [5, 5.41) is 11.7. The van der Waals surface area contributed by atoms with Crippen molar-refractivity contribution < 1.29 is 9.67 Å². The van der Waals surface area contributed by atoms with Gasteiger partial charge in [-0.3, -0.25) is 13.9 Å². The van der Waals surface area contributed by atoms with Crippen molar-refractivity contribution in [3.8, 4) is 27.6 Å². The molecule has 2 aromatic carbocycles. The predicted molar refractivity (Wildman–Crippen MR) is 181 cm³/mol. The molecule has 0 radical (unpaired) electrons. The van der Waals surface area contributed by atoms with E-state index in [9.17, 15) is 9.90 Å². The zero-order chi connectivity index (χ0) is 29.8. The van der Waals surface area contributed by atoms with Crippen LogP contribution < -0.4 is 19.3 Å². The lowest BCUT2D eigenvalue weighted by atomic mass is 10.1. The smallest absolute Gasteiger partial charge is 0.269 e. The maximum absolute atomic E-state index is 13.5. The number of hydrogen-bond acceptors (Lipinski definition) is 6. The van der Waals surface area contributed by atoms with Crippen LogP contribution in [0.1, 0.15) is 30.7 Å². The van der Waals surface area contributed by atoms with Gasteiger partial charge in [-0.2, -0.15) is 4.57 Å². The third kappa shape index (κ3) is 5.83. The highest BCUT2D eigenvalue weighted by atomic mass is 32.1. The van der Waals surface area contributed by atoms with Gasteiger partial charge >= 0.3 is 0 Å². The molecule has 5 nitrogen and oxygen atoms in total. The van der Waals surface area contributed by atoms with Gasteiger partial charge in [-0.25, -0.2) is 0 Å². The van der Waals surface area contributed by atoms with E-state index in [1.807, 2.05) is 38.1 Å². The van der Waals surface area contributed by atoms with Crippen molar-refractivity contribution in [1.82, 2.24) is 9.13 Å². The molecule has 0 bridgehead atoms. The highest BCUT2D eigenvalue weighted by Gasteiger charge is 2.27. The molecule has 0 saturated carbocycles. The van der Waals surface area contributed by atoms with E-state index in [1.54, 1.807) is 26.5 Å². The highest BCUT2D eigenvalue weighted by Crippen LogP contribution is 2.36. The largest absolute Gasteiger partial charge is 0.493 e. The van der Waals surface area contributed by atoms with Crippen LogP contribution in [0.5, 0.6) is 5.88 Å². The molecule has 5 aromatic rings. The van der Waals surface area contributed by atoms with Gasteiger partial charge in [0.1, 0.15) is 16.1 Å². The molecule has 0 saturated heterocycles. The van der Waals surface area contributed by atoms with Crippen LogP contribution >= 0.6 is 46.2 Å². The second-order valence-electron chi connectivity index (χ2n) is 9.53. The molecule has 0 aliphatic rings. The fourth-order valence-corrected chi connectivity index (χ4v) is 8.56. The van der Waals surface area contributed by atoms with Crippen LogP contribution in [0.3, 0.4) is 0 Å². The van der Waals surface area contributed by atoms with E-state index in [0.717, 1.165) is 37.8 Å². The standard InChI is InChI=1S/C33H31N3O2S4/c1-5-20-36-27(40-25(31(36)37)19-18-22(4)29-32(38)35(7-3)33(39)42-29)21-26-34(6-2)28(23-14-10-8-11-15-23)30(41-26)24-16-12-9-13-17-24/h5,8-19,21H,1,6-7,20H2,2-4H3/p+1. The van der Waals surface area contributed by atoms with E-state index in [2.05, 4.69) is 72.7 Å². The van der Waals surface area contributed by atoms with Crippen molar-refractivity contribution in [3.05, 3.63) is 113 Å². The molecule has 3 aromatic heterocycles. The summed E-state index contributed by atoms with van der Waals surface area (Å²) in [5.41, 5.74) is 4.27. The number of rotatable bonds is 9. The monoisotopic (exact) mass is 630 g/mol. The molecular formula is C33H32N3O2S4+. The summed E-state index contributed by atoms with van der Waals surface area (Å²) < 4.78 is 7.91. The molecule has 0 amide bonds. The molecule has 42 heavy (non-hydrogen) atoms. The zero-order valence-electron chi connectivity index (χ0n) is 23.7. The van der Waals surface area contributed by atoms with Crippen LogP contribution in [0.2, 0.25) is 0 Å². The SMILES string of the molecule is C=CCn1c(=Cc2sc(-c3ccccc3)c(-c3ccccc3)[n+]2CC)sc(=CC=C(C)c2sc(=S)n(CC)c2O)c1=O. The van der Waals surface area contributed by atoms with Crippen molar-refractivity contribution in [1.29, 1.82) is 0 Å². The first-order valence-electron chi connectivity index (χ1n) is 13.7. The molecule has 5 rings (SSSR count). The van der Waals surface area contributed by atoms with Crippen molar-refractivity contribution >= 4 is 64.0 Å². The Hall–Kier alpha value is -3.63.